The summed E-state index contributed by atoms with van der Waals surface area (Å²) in [7, 11) is 3.97. The van der Waals surface area contributed by atoms with Gasteiger partial charge >= 0.3 is 12.2 Å². The number of aromatic nitrogens is 2. The summed E-state index contributed by atoms with van der Waals surface area (Å²) >= 11 is 0. The third-order valence-electron chi connectivity index (χ3n) is 6.51. The van der Waals surface area contributed by atoms with Crippen molar-refractivity contribution in [2.75, 3.05) is 29.6 Å². The van der Waals surface area contributed by atoms with Gasteiger partial charge in [-0.15, -0.1) is 0 Å². The molecular formula is C24H30F4N6O. The van der Waals surface area contributed by atoms with Gasteiger partial charge in [0.15, 0.2) is 0 Å². The lowest BCUT2D eigenvalue weighted by atomic mass is 9.91. The molecule has 0 bridgehead atoms. The Balaban J connectivity index is 1.30. The normalized spacial score (nSPS) is 20.1. The molecule has 190 valence electrons. The summed E-state index contributed by atoms with van der Waals surface area (Å²) in [6, 6.07) is 1.83. The van der Waals surface area contributed by atoms with E-state index in [1.54, 1.807) is 0 Å². The van der Waals surface area contributed by atoms with Crippen molar-refractivity contribution in [3.63, 3.8) is 0 Å². The van der Waals surface area contributed by atoms with Gasteiger partial charge in [0.2, 0.25) is 5.95 Å². The van der Waals surface area contributed by atoms with Gasteiger partial charge in [-0.05, 0) is 69.6 Å². The number of nitrogens with zero attached hydrogens (tertiary/aromatic N) is 3. The average Bonchev–Trinajstić information content (AvgIpc) is 2.80. The van der Waals surface area contributed by atoms with Gasteiger partial charge in [-0.3, -0.25) is 0 Å². The molecule has 0 atom stereocenters. The highest BCUT2D eigenvalue weighted by molar-refractivity contribution is 5.89. The van der Waals surface area contributed by atoms with Crippen molar-refractivity contribution in [2.45, 2.75) is 69.6 Å². The summed E-state index contributed by atoms with van der Waals surface area (Å²) in [6.45, 7) is 0. The van der Waals surface area contributed by atoms with Crippen LogP contribution in [0.3, 0.4) is 0 Å². The highest BCUT2D eigenvalue weighted by Crippen LogP contribution is 2.33. The van der Waals surface area contributed by atoms with E-state index in [1.165, 1.54) is 5.56 Å². The van der Waals surface area contributed by atoms with Gasteiger partial charge in [0.1, 0.15) is 11.6 Å². The topological polar surface area (TPSA) is 82.2 Å². The van der Waals surface area contributed by atoms with Gasteiger partial charge in [0.05, 0.1) is 11.3 Å². The molecule has 2 aliphatic rings. The smallest absolute Gasteiger partial charge is 0.362 e. The average molecular weight is 495 g/mol. The van der Waals surface area contributed by atoms with Crippen LogP contribution in [0.25, 0.3) is 0 Å². The molecule has 1 aromatic carbocycles. The molecule has 1 saturated carbocycles. The molecular weight excluding hydrogens is 464 g/mol. The number of nitrogens with one attached hydrogen (secondary N) is 3. The molecule has 4 rings (SSSR count). The van der Waals surface area contributed by atoms with E-state index in [2.05, 4.69) is 16.0 Å². The zero-order valence-corrected chi connectivity index (χ0v) is 19.8. The first-order valence-corrected chi connectivity index (χ1v) is 11.9. The first-order valence-electron chi connectivity index (χ1n) is 11.9. The second-order valence-corrected chi connectivity index (χ2v) is 9.38. The fourth-order valence-electron chi connectivity index (χ4n) is 4.75. The van der Waals surface area contributed by atoms with E-state index in [-0.39, 0.29) is 17.8 Å². The molecule has 2 amide bonds. The highest BCUT2D eigenvalue weighted by atomic mass is 19.4. The van der Waals surface area contributed by atoms with Gasteiger partial charge < -0.3 is 20.9 Å². The fourth-order valence-corrected chi connectivity index (χ4v) is 4.75. The lowest BCUT2D eigenvalue weighted by Crippen LogP contribution is -2.42. The Bertz CT molecular complexity index is 1070. The largest absolute Gasteiger partial charge is 0.419 e. The maximum atomic E-state index is 13.4. The summed E-state index contributed by atoms with van der Waals surface area (Å²) in [6.07, 6.45) is 2.38. The van der Waals surface area contributed by atoms with Crippen LogP contribution in [0.4, 0.5) is 39.8 Å². The van der Waals surface area contributed by atoms with Crippen LogP contribution in [0.1, 0.15) is 55.3 Å². The van der Waals surface area contributed by atoms with Crippen molar-refractivity contribution in [1.82, 2.24) is 15.3 Å². The van der Waals surface area contributed by atoms with Gasteiger partial charge in [-0.1, -0.05) is 0 Å². The number of hydrogen-bond acceptors (Lipinski definition) is 5. The molecule has 3 N–H and O–H groups in total. The van der Waals surface area contributed by atoms with E-state index in [1.807, 2.05) is 19.0 Å². The number of carbonyl (C=O) groups excluding carboxylic acids is 1. The highest BCUT2D eigenvalue weighted by Gasteiger charge is 2.34. The molecule has 2 aliphatic carbocycles. The molecule has 7 nitrogen and oxygen atoms in total. The van der Waals surface area contributed by atoms with Crippen LogP contribution in [-0.2, 0) is 19.0 Å². The lowest BCUT2D eigenvalue weighted by molar-refractivity contribution is -0.139. The van der Waals surface area contributed by atoms with Crippen LogP contribution in [0, 0.1) is 5.82 Å². The SMILES string of the molecule is CN(C)c1nc(N[C@H]2CC[C@@H](NC(=O)Nc3ccc(F)c(C(F)(F)F)c3)CC2)nc2c1CCCC2. The fraction of sp³-hybridized carbons (Fsp3) is 0.542. The van der Waals surface area contributed by atoms with E-state index >= 15 is 0 Å². The molecule has 0 spiro atoms. The maximum Gasteiger partial charge on any atom is 0.419 e. The molecule has 11 heteroatoms. The maximum absolute atomic E-state index is 13.4. The van der Waals surface area contributed by atoms with Crippen LogP contribution in [0.5, 0.6) is 0 Å². The first-order chi connectivity index (χ1) is 16.6. The van der Waals surface area contributed by atoms with Gasteiger partial charge in [-0.2, -0.15) is 18.2 Å². The van der Waals surface area contributed by atoms with Gasteiger partial charge in [0.25, 0.3) is 0 Å². The number of amides is 2. The zero-order chi connectivity index (χ0) is 25.2. The molecule has 1 aromatic heterocycles. The van der Waals surface area contributed by atoms with Crippen LogP contribution in [0.2, 0.25) is 0 Å². The van der Waals surface area contributed by atoms with Crippen molar-refractivity contribution in [3.8, 4) is 0 Å². The van der Waals surface area contributed by atoms with E-state index in [0.29, 0.717) is 30.9 Å². The van der Waals surface area contributed by atoms with Crippen LogP contribution in [0.15, 0.2) is 18.2 Å². The zero-order valence-electron chi connectivity index (χ0n) is 19.8. The minimum absolute atomic E-state index is 0.114. The number of urea groups is 1. The standard InChI is InChI=1S/C24H30F4N6O/c1-34(2)21-17-5-3-4-6-20(17)32-22(33-21)29-14-7-9-15(10-8-14)30-23(35)31-16-11-12-19(25)18(13-16)24(26,27)28/h11-15H,3-10H2,1-2H3,(H,29,32,33)(H2,30,31,35)/t14-,15+. The number of aryl methyl sites for hydroxylation is 1. The van der Waals surface area contributed by atoms with E-state index in [0.717, 1.165) is 56.1 Å². The predicted molar refractivity (Wildman–Crippen MR) is 126 cm³/mol. The summed E-state index contributed by atoms with van der Waals surface area (Å²) in [4.78, 5) is 23.8. The van der Waals surface area contributed by atoms with Crippen molar-refractivity contribution >= 4 is 23.5 Å². The Hall–Kier alpha value is -3.11. The third kappa shape index (κ3) is 6.12. The minimum atomic E-state index is -4.83. The monoisotopic (exact) mass is 494 g/mol. The van der Waals surface area contributed by atoms with E-state index in [4.69, 9.17) is 9.97 Å². The van der Waals surface area contributed by atoms with Crippen LogP contribution < -0.4 is 20.9 Å². The number of anilines is 3. The quantitative estimate of drug-likeness (QED) is 0.503. The first kappa shape index (κ1) is 25.0. The van der Waals surface area contributed by atoms with Gasteiger partial charge in [-0.25, -0.2) is 14.2 Å². The number of benzene rings is 1. The molecule has 0 aliphatic heterocycles. The van der Waals surface area contributed by atoms with Crippen molar-refractivity contribution < 1.29 is 22.4 Å². The Kier molecular flexibility index (Phi) is 7.32. The molecule has 0 radical (unpaired) electrons. The predicted octanol–water partition coefficient (Wildman–Crippen LogP) is 5.12. The summed E-state index contributed by atoms with van der Waals surface area (Å²) in [5, 5.41) is 8.61. The minimum Gasteiger partial charge on any atom is -0.362 e. The van der Waals surface area contributed by atoms with Crippen molar-refractivity contribution in [1.29, 1.82) is 0 Å². The molecule has 0 unspecified atom stereocenters. The van der Waals surface area contributed by atoms with E-state index in [9.17, 15) is 22.4 Å². The Morgan fingerprint density at radius 2 is 1.71 bits per heavy atom. The van der Waals surface area contributed by atoms with Gasteiger partial charge in [0, 0.05) is 37.4 Å². The second kappa shape index (κ2) is 10.2. The number of halogens is 4. The second-order valence-electron chi connectivity index (χ2n) is 9.38. The Morgan fingerprint density at radius 1 is 1.03 bits per heavy atom. The number of alkyl halides is 3. The number of carbonyl (C=O) groups is 1. The van der Waals surface area contributed by atoms with E-state index < -0.39 is 23.6 Å². The molecule has 35 heavy (non-hydrogen) atoms. The van der Waals surface area contributed by atoms with Crippen molar-refractivity contribution in [3.05, 3.63) is 40.8 Å². The van der Waals surface area contributed by atoms with Crippen LogP contribution >= 0.6 is 0 Å². The molecule has 1 fully saturated rings. The summed E-state index contributed by atoms with van der Waals surface area (Å²) in [5.74, 6) is 0.203. The molecule has 0 saturated heterocycles. The number of fused-ring (bicyclic) bond motifs is 1. The van der Waals surface area contributed by atoms with Crippen molar-refractivity contribution in [2.24, 2.45) is 0 Å². The lowest BCUT2D eigenvalue weighted by Gasteiger charge is -2.30. The summed E-state index contributed by atoms with van der Waals surface area (Å²) < 4.78 is 52.1. The summed E-state index contributed by atoms with van der Waals surface area (Å²) in [5.41, 5.74) is 0.810. The Labute approximate surface area is 201 Å². The molecule has 2 aromatic rings. The number of hydrogen-bond donors (Lipinski definition) is 3. The Morgan fingerprint density at radius 3 is 2.40 bits per heavy atom. The molecule has 1 heterocycles. The third-order valence-corrected chi connectivity index (χ3v) is 6.51. The van der Waals surface area contributed by atoms with Crippen LogP contribution in [-0.4, -0.2) is 42.2 Å². The number of rotatable bonds is 5.